The molecule has 4 heterocycles. The molecule has 1 aromatic heterocycles. The molecule has 3 aliphatic rings. The van der Waals surface area contributed by atoms with Crippen LogP contribution in [-0.2, 0) is 9.47 Å². The number of morpholine rings is 2. The van der Waals surface area contributed by atoms with Gasteiger partial charge in [0.2, 0.25) is 0 Å². The fourth-order valence-corrected chi connectivity index (χ4v) is 6.85. The van der Waals surface area contributed by atoms with Gasteiger partial charge in [0.25, 0.3) is 0 Å². The van der Waals surface area contributed by atoms with E-state index < -0.39 is 0 Å². The van der Waals surface area contributed by atoms with Gasteiger partial charge < -0.3 is 14.4 Å². The van der Waals surface area contributed by atoms with Crippen molar-refractivity contribution in [2.45, 2.75) is 0 Å². The Labute approximate surface area is 246 Å². The van der Waals surface area contributed by atoms with E-state index in [9.17, 15) is 0 Å². The van der Waals surface area contributed by atoms with Crippen molar-refractivity contribution in [1.82, 2.24) is 4.98 Å². The Morgan fingerprint density at radius 1 is 0.846 bits per heavy atom. The lowest BCUT2D eigenvalue weighted by atomic mass is 10.1. The number of rotatable bonds is 5. The van der Waals surface area contributed by atoms with Crippen LogP contribution >= 0.6 is 46.3 Å². The van der Waals surface area contributed by atoms with Gasteiger partial charge in [-0.15, -0.1) is 0 Å². The van der Waals surface area contributed by atoms with E-state index in [1.54, 1.807) is 23.1 Å². The van der Waals surface area contributed by atoms with Crippen molar-refractivity contribution in [2.24, 2.45) is 4.99 Å². The molecule has 3 aliphatic heterocycles. The normalized spacial score (nSPS) is 19.4. The Hall–Kier alpha value is -2.46. The number of ether oxygens (including phenoxy) is 2. The molecule has 200 valence electrons. The number of halogens is 2. The van der Waals surface area contributed by atoms with E-state index in [0.29, 0.717) is 10.0 Å². The Balaban J connectivity index is 1.34. The summed E-state index contributed by atoms with van der Waals surface area (Å²) >= 11 is 15.7. The zero-order valence-electron chi connectivity index (χ0n) is 21.2. The fraction of sp³-hybridized carbons (Fsp3) is 0.276. The van der Waals surface area contributed by atoms with Crippen LogP contribution < -0.4 is 4.90 Å². The van der Waals surface area contributed by atoms with Crippen LogP contribution in [0.15, 0.2) is 70.6 Å². The van der Waals surface area contributed by atoms with Crippen LogP contribution in [0.5, 0.6) is 0 Å². The smallest absolute Gasteiger partial charge is 0.360 e. The Kier molecular flexibility index (Phi) is 8.49. The SMILES string of the molecule is Clc1ccc(C2=NC(=[N+]3CCOCC3)S/C2=C\C=C\c2sc(N3CCOCC3)nc2-c2ccc(Cl)cc2)cc1. The van der Waals surface area contributed by atoms with Gasteiger partial charge in [-0.3, -0.25) is 0 Å². The zero-order valence-corrected chi connectivity index (χ0v) is 24.3. The summed E-state index contributed by atoms with van der Waals surface area (Å²) in [7, 11) is 0. The third-order valence-corrected chi connectivity index (χ3v) is 9.24. The number of thioether (sulfide) groups is 1. The Morgan fingerprint density at radius 3 is 2.18 bits per heavy atom. The lowest BCUT2D eigenvalue weighted by Crippen LogP contribution is -2.36. The van der Waals surface area contributed by atoms with E-state index in [2.05, 4.69) is 27.7 Å². The summed E-state index contributed by atoms with van der Waals surface area (Å²) in [5.74, 6) is 0. The maximum absolute atomic E-state index is 6.17. The predicted octanol–water partition coefficient (Wildman–Crippen LogP) is 6.49. The summed E-state index contributed by atoms with van der Waals surface area (Å²) in [4.78, 5) is 14.6. The highest BCUT2D eigenvalue weighted by Gasteiger charge is 2.32. The van der Waals surface area contributed by atoms with Gasteiger partial charge in [0.15, 0.2) is 10.8 Å². The first-order valence-electron chi connectivity index (χ1n) is 12.8. The molecule has 10 heteroatoms. The van der Waals surface area contributed by atoms with Crippen molar-refractivity contribution in [3.8, 4) is 11.3 Å². The standard InChI is InChI=1S/C29H27Cl2N4O2S2/c30-22-8-4-20(5-9-22)26-24(38-28(32-26)34-12-16-36-17-13-34)2-1-3-25-27(21-6-10-23(31)11-7-21)33-29(39-25)35-14-18-37-19-15-35/h1-11H,12-19H2/q+1. The quantitative estimate of drug-likeness (QED) is 0.315. The number of nitrogens with zero attached hydrogens (tertiary/aromatic N) is 4. The van der Waals surface area contributed by atoms with E-state index in [4.69, 9.17) is 42.7 Å². The van der Waals surface area contributed by atoms with Gasteiger partial charge >= 0.3 is 5.17 Å². The van der Waals surface area contributed by atoms with Crippen molar-refractivity contribution in [3.63, 3.8) is 0 Å². The van der Waals surface area contributed by atoms with Crippen LogP contribution in [0.25, 0.3) is 17.3 Å². The second-order valence-corrected chi connectivity index (χ2v) is 12.0. The van der Waals surface area contributed by atoms with Crippen molar-refractivity contribution in [3.05, 3.63) is 86.1 Å². The molecule has 39 heavy (non-hydrogen) atoms. The van der Waals surface area contributed by atoms with E-state index in [1.807, 2.05) is 48.5 Å². The number of allylic oxidation sites excluding steroid dienone is 3. The Bertz CT molecular complexity index is 1450. The molecule has 2 saturated heterocycles. The molecular formula is C29H27Cl2N4O2S2+. The van der Waals surface area contributed by atoms with Gasteiger partial charge in [-0.05, 0) is 53.5 Å². The summed E-state index contributed by atoms with van der Waals surface area (Å²) in [6, 6.07) is 15.7. The molecule has 0 saturated carbocycles. The van der Waals surface area contributed by atoms with Crippen LogP contribution in [0.3, 0.4) is 0 Å². The average molecular weight is 599 g/mol. The number of benzene rings is 2. The number of anilines is 1. The van der Waals surface area contributed by atoms with E-state index in [-0.39, 0.29) is 0 Å². The minimum Gasteiger partial charge on any atom is -0.378 e. The minimum atomic E-state index is 0.712. The number of hydrogen-bond acceptors (Lipinski definition) is 6. The highest BCUT2D eigenvalue weighted by Crippen LogP contribution is 2.36. The van der Waals surface area contributed by atoms with Crippen LogP contribution in [-0.4, -0.2) is 73.0 Å². The lowest BCUT2D eigenvalue weighted by molar-refractivity contribution is -0.547. The lowest BCUT2D eigenvalue weighted by Gasteiger charge is -2.26. The third-order valence-electron chi connectivity index (χ3n) is 6.58. The van der Waals surface area contributed by atoms with Gasteiger partial charge in [-0.25, -0.2) is 9.56 Å². The molecule has 0 bridgehead atoms. The second kappa shape index (κ2) is 12.4. The molecule has 3 aromatic rings. The predicted molar refractivity (Wildman–Crippen MR) is 164 cm³/mol. The molecule has 2 aromatic carbocycles. The molecule has 2 fully saturated rings. The van der Waals surface area contributed by atoms with E-state index in [1.165, 1.54) is 0 Å². The largest absolute Gasteiger partial charge is 0.378 e. The van der Waals surface area contributed by atoms with Gasteiger partial charge in [0, 0.05) is 46.0 Å². The van der Waals surface area contributed by atoms with Crippen LogP contribution in [0.4, 0.5) is 5.13 Å². The number of hydrogen-bond donors (Lipinski definition) is 0. The van der Waals surface area contributed by atoms with Crippen molar-refractivity contribution < 1.29 is 14.0 Å². The van der Waals surface area contributed by atoms with E-state index >= 15 is 0 Å². The van der Waals surface area contributed by atoms with Crippen molar-refractivity contribution >= 4 is 68.4 Å². The van der Waals surface area contributed by atoms with Crippen LogP contribution in [0, 0.1) is 0 Å². The summed E-state index contributed by atoms with van der Waals surface area (Å²) < 4.78 is 13.4. The Morgan fingerprint density at radius 2 is 1.49 bits per heavy atom. The molecule has 0 radical (unpaired) electrons. The molecule has 0 unspecified atom stereocenters. The number of aliphatic imine (C=N–C) groups is 1. The maximum Gasteiger partial charge on any atom is 0.360 e. The molecule has 0 N–H and O–H groups in total. The summed E-state index contributed by atoms with van der Waals surface area (Å²) in [5.41, 5.74) is 4.01. The maximum atomic E-state index is 6.17. The summed E-state index contributed by atoms with van der Waals surface area (Å²) in [5, 5.41) is 3.45. The summed E-state index contributed by atoms with van der Waals surface area (Å²) in [6.07, 6.45) is 6.39. The van der Waals surface area contributed by atoms with Crippen LogP contribution in [0.1, 0.15) is 10.4 Å². The van der Waals surface area contributed by atoms with E-state index in [0.717, 1.165) is 95.2 Å². The fourth-order valence-electron chi connectivity index (χ4n) is 4.50. The van der Waals surface area contributed by atoms with Gasteiger partial charge in [0.05, 0.1) is 41.9 Å². The molecule has 6 nitrogen and oxygen atoms in total. The zero-order chi connectivity index (χ0) is 26.6. The summed E-state index contributed by atoms with van der Waals surface area (Å²) in [6.45, 7) is 6.27. The molecule has 0 atom stereocenters. The van der Waals surface area contributed by atoms with Gasteiger partial charge in [-0.2, -0.15) is 0 Å². The molecule has 0 aliphatic carbocycles. The minimum absolute atomic E-state index is 0.712. The van der Waals surface area contributed by atoms with Crippen LogP contribution in [0.2, 0.25) is 10.0 Å². The second-order valence-electron chi connectivity index (χ2n) is 9.16. The first kappa shape index (κ1) is 26.7. The number of aromatic nitrogens is 1. The molecular weight excluding hydrogens is 571 g/mol. The first-order chi connectivity index (χ1) is 19.1. The van der Waals surface area contributed by atoms with Gasteiger partial charge in [0.1, 0.15) is 13.1 Å². The number of amidine groups is 1. The molecule has 0 amide bonds. The monoisotopic (exact) mass is 597 g/mol. The highest BCUT2D eigenvalue weighted by atomic mass is 35.5. The highest BCUT2D eigenvalue weighted by molar-refractivity contribution is 8.18. The molecule has 0 spiro atoms. The van der Waals surface area contributed by atoms with Crippen molar-refractivity contribution in [1.29, 1.82) is 0 Å². The third kappa shape index (κ3) is 6.32. The number of thiazole rings is 1. The first-order valence-corrected chi connectivity index (χ1v) is 15.2. The van der Waals surface area contributed by atoms with Crippen molar-refractivity contribution in [2.75, 3.05) is 57.5 Å². The van der Waals surface area contributed by atoms with Gasteiger partial charge in [-0.1, -0.05) is 52.7 Å². The molecule has 6 rings (SSSR count). The topological polar surface area (TPSA) is 50.0 Å². The average Bonchev–Trinajstić information content (AvgIpc) is 3.60.